The number of hydrogen-bond acceptors (Lipinski definition) is 4. The SMILES string of the molecule is Cn1cnc(C(=O)C2CCN(C(=O)CCCC3=Cn4cccc4CN3)CC2)c1. The third-order valence-corrected chi connectivity index (χ3v) is 5.67. The molecule has 2 aromatic heterocycles. The summed E-state index contributed by atoms with van der Waals surface area (Å²) < 4.78 is 3.93. The van der Waals surface area contributed by atoms with Crippen molar-refractivity contribution in [3.05, 3.63) is 47.9 Å². The fourth-order valence-corrected chi connectivity index (χ4v) is 4.00. The van der Waals surface area contributed by atoms with E-state index < -0.39 is 0 Å². The summed E-state index contributed by atoms with van der Waals surface area (Å²) in [5.41, 5.74) is 2.96. The van der Waals surface area contributed by atoms with Crippen LogP contribution in [0.4, 0.5) is 0 Å². The lowest BCUT2D eigenvalue weighted by Gasteiger charge is -2.31. The number of nitrogens with zero attached hydrogens (tertiary/aromatic N) is 4. The van der Waals surface area contributed by atoms with Crippen LogP contribution in [0.25, 0.3) is 6.20 Å². The number of carbonyl (C=O) groups is 2. The fraction of sp³-hybridized carbons (Fsp3) is 0.476. The molecule has 0 radical (unpaired) electrons. The molecule has 0 bridgehead atoms. The van der Waals surface area contributed by atoms with Crippen LogP contribution in [0.2, 0.25) is 0 Å². The Morgan fingerprint density at radius 1 is 1.29 bits per heavy atom. The Bertz CT molecular complexity index is 886. The highest BCUT2D eigenvalue weighted by Gasteiger charge is 2.28. The molecule has 1 N–H and O–H groups in total. The van der Waals surface area contributed by atoms with Gasteiger partial charge in [-0.3, -0.25) is 9.59 Å². The number of nitrogens with one attached hydrogen (secondary N) is 1. The van der Waals surface area contributed by atoms with E-state index in [0.717, 1.165) is 32.2 Å². The molecular formula is C21H27N5O2. The van der Waals surface area contributed by atoms with Gasteiger partial charge in [0.1, 0.15) is 5.69 Å². The number of fused-ring (bicyclic) bond motifs is 1. The number of imidazole rings is 1. The van der Waals surface area contributed by atoms with Gasteiger partial charge in [0.25, 0.3) is 0 Å². The van der Waals surface area contributed by atoms with Gasteiger partial charge in [-0.1, -0.05) is 0 Å². The van der Waals surface area contributed by atoms with E-state index in [1.54, 1.807) is 17.1 Å². The van der Waals surface area contributed by atoms with Crippen molar-refractivity contribution in [2.24, 2.45) is 13.0 Å². The van der Waals surface area contributed by atoms with Gasteiger partial charge in [-0.15, -0.1) is 0 Å². The number of allylic oxidation sites excluding steroid dienone is 1. The standard InChI is InChI=1S/C21H27N5O2/c1-24-14-19(23-15-24)21(28)16-7-10-25(11-8-16)20(27)6-2-4-17-13-26-9-3-5-18(26)12-22-17/h3,5,9,13-16,22H,2,4,6-8,10-12H2,1H3. The fourth-order valence-electron chi connectivity index (χ4n) is 4.00. The average molecular weight is 381 g/mol. The molecule has 2 aromatic rings. The smallest absolute Gasteiger partial charge is 0.222 e. The Hall–Kier alpha value is -2.83. The molecule has 7 heteroatoms. The van der Waals surface area contributed by atoms with Crippen molar-refractivity contribution in [2.45, 2.75) is 38.6 Å². The second-order valence-electron chi connectivity index (χ2n) is 7.71. The molecule has 1 amide bonds. The minimum Gasteiger partial charge on any atom is -0.382 e. The molecule has 4 rings (SSSR count). The number of hydrogen-bond donors (Lipinski definition) is 1. The second kappa shape index (κ2) is 8.04. The van der Waals surface area contributed by atoms with Crippen LogP contribution in [0.15, 0.2) is 36.6 Å². The third-order valence-electron chi connectivity index (χ3n) is 5.67. The van der Waals surface area contributed by atoms with Crippen LogP contribution in [0.3, 0.4) is 0 Å². The maximum atomic E-state index is 12.5. The number of ketones is 1. The number of aryl methyl sites for hydroxylation is 1. The minimum atomic E-state index is -0.0219. The minimum absolute atomic E-state index is 0.0219. The number of amides is 1. The Morgan fingerprint density at radius 3 is 2.86 bits per heavy atom. The highest BCUT2D eigenvalue weighted by atomic mass is 16.2. The maximum absolute atomic E-state index is 12.5. The second-order valence-corrected chi connectivity index (χ2v) is 7.71. The lowest BCUT2D eigenvalue weighted by atomic mass is 9.91. The summed E-state index contributed by atoms with van der Waals surface area (Å²) in [7, 11) is 1.86. The summed E-state index contributed by atoms with van der Waals surface area (Å²) in [6.45, 7) is 2.16. The summed E-state index contributed by atoms with van der Waals surface area (Å²) in [6.07, 6.45) is 11.3. The Labute approximate surface area is 165 Å². The van der Waals surface area contributed by atoms with Gasteiger partial charge in [0, 0.05) is 62.5 Å². The molecule has 0 aromatic carbocycles. The quantitative estimate of drug-likeness (QED) is 0.780. The van der Waals surface area contributed by atoms with Gasteiger partial charge in [-0.2, -0.15) is 0 Å². The zero-order chi connectivity index (χ0) is 19.5. The van der Waals surface area contributed by atoms with E-state index >= 15 is 0 Å². The van der Waals surface area contributed by atoms with Crippen molar-refractivity contribution < 1.29 is 9.59 Å². The lowest BCUT2D eigenvalue weighted by molar-refractivity contribution is -0.132. The van der Waals surface area contributed by atoms with E-state index in [0.29, 0.717) is 25.2 Å². The zero-order valence-electron chi connectivity index (χ0n) is 16.3. The van der Waals surface area contributed by atoms with E-state index in [9.17, 15) is 9.59 Å². The normalized spacial score (nSPS) is 17.0. The molecule has 1 fully saturated rings. The molecule has 0 atom stereocenters. The van der Waals surface area contributed by atoms with Crippen LogP contribution >= 0.6 is 0 Å². The number of aromatic nitrogens is 3. The van der Waals surface area contributed by atoms with Crippen LogP contribution in [-0.2, 0) is 18.4 Å². The first-order chi connectivity index (χ1) is 13.6. The number of likely N-dealkylation sites (tertiary alicyclic amines) is 1. The highest BCUT2D eigenvalue weighted by molar-refractivity contribution is 5.96. The first-order valence-corrected chi connectivity index (χ1v) is 10.0. The number of piperidine rings is 1. The Balaban J connectivity index is 1.21. The molecule has 0 spiro atoms. The van der Waals surface area contributed by atoms with Crippen molar-refractivity contribution in [1.29, 1.82) is 0 Å². The number of carbonyl (C=O) groups excluding carboxylic acids is 2. The molecule has 0 aliphatic carbocycles. The third kappa shape index (κ3) is 4.03. The van der Waals surface area contributed by atoms with Gasteiger partial charge in [-0.25, -0.2) is 4.98 Å². The summed E-state index contributed by atoms with van der Waals surface area (Å²) in [5, 5.41) is 3.42. The maximum Gasteiger partial charge on any atom is 0.222 e. The van der Waals surface area contributed by atoms with Crippen molar-refractivity contribution in [1.82, 2.24) is 24.3 Å². The summed E-state index contributed by atoms with van der Waals surface area (Å²) in [6, 6.07) is 4.15. The highest BCUT2D eigenvalue weighted by Crippen LogP contribution is 2.22. The Kier molecular flexibility index (Phi) is 5.32. The van der Waals surface area contributed by atoms with Crippen LogP contribution in [0.1, 0.15) is 48.3 Å². The van der Waals surface area contributed by atoms with E-state index in [-0.39, 0.29) is 17.6 Å². The topological polar surface area (TPSA) is 72.2 Å². The predicted molar refractivity (Wildman–Crippen MR) is 106 cm³/mol. The van der Waals surface area contributed by atoms with Crippen LogP contribution in [-0.4, -0.2) is 43.8 Å². The van der Waals surface area contributed by atoms with E-state index in [1.807, 2.05) is 18.0 Å². The van der Waals surface area contributed by atoms with Gasteiger partial charge < -0.3 is 19.4 Å². The first-order valence-electron chi connectivity index (χ1n) is 10.0. The first kappa shape index (κ1) is 18.5. The zero-order valence-corrected chi connectivity index (χ0v) is 16.3. The monoisotopic (exact) mass is 381 g/mol. The van der Waals surface area contributed by atoms with Crippen molar-refractivity contribution >= 4 is 17.9 Å². The van der Waals surface area contributed by atoms with E-state index in [1.165, 1.54) is 11.4 Å². The molecule has 2 aliphatic heterocycles. The largest absolute Gasteiger partial charge is 0.382 e. The average Bonchev–Trinajstić information content (AvgIpc) is 3.36. The van der Waals surface area contributed by atoms with Crippen LogP contribution in [0, 0.1) is 5.92 Å². The van der Waals surface area contributed by atoms with Gasteiger partial charge in [0.15, 0.2) is 5.78 Å². The molecule has 1 saturated heterocycles. The molecule has 28 heavy (non-hydrogen) atoms. The van der Waals surface area contributed by atoms with E-state index in [2.05, 4.69) is 33.3 Å². The van der Waals surface area contributed by atoms with Crippen molar-refractivity contribution in [3.63, 3.8) is 0 Å². The molecular weight excluding hydrogens is 354 g/mol. The molecule has 0 saturated carbocycles. The van der Waals surface area contributed by atoms with Crippen molar-refractivity contribution in [3.8, 4) is 0 Å². The van der Waals surface area contributed by atoms with E-state index in [4.69, 9.17) is 0 Å². The van der Waals surface area contributed by atoms with Gasteiger partial charge in [0.05, 0.1) is 12.9 Å². The molecule has 4 heterocycles. The molecule has 2 aliphatic rings. The molecule has 148 valence electrons. The number of Topliss-reactive ketones (excluding diaryl/α,β-unsaturated/α-hetero) is 1. The predicted octanol–water partition coefficient (Wildman–Crippen LogP) is 2.42. The van der Waals surface area contributed by atoms with Crippen molar-refractivity contribution in [2.75, 3.05) is 13.1 Å². The van der Waals surface area contributed by atoms with Gasteiger partial charge in [0.2, 0.25) is 5.91 Å². The molecule has 0 unspecified atom stereocenters. The number of rotatable bonds is 6. The Morgan fingerprint density at radius 2 is 2.11 bits per heavy atom. The summed E-state index contributed by atoms with van der Waals surface area (Å²) >= 11 is 0. The summed E-state index contributed by atoms with van der Waals surface area (Å²) in [4.78, 5) is 31.1. The molecule has 7 nitrogen and oxygen atoms in total. The summed E-state index contributed by atoms with van der Waals surface area (Å²) in [5.74, 6) is 0.278. The van der Waals surface area contributed by atoms with Gasteiger partial charge >= 0.3 is 0 Å². The van der Waals surface area contributed by atoms with Gasteiger partial charge in [-0.05, 0) is 37.8 Å². The lowest BCUT2D eigenvalue weighted by Crippen LogP contribution is -2.40. The van der Waals surface area contributed by atoms with Crippen LogP contribution < -0.4 is 5.32 Å². The van der Waals surface area contributed by atoms with Crippen LogP contribution in [0.5, 0.6) is 0 Å².